The zero-order chi connectivity index (χ0) is 16.0. The van der Waals surface area contributed by atoms with Gasteiger partial charge in [0.2, 0.25) is 10.0 Å². The van der Waals surface area contributed by atoms with Gasteiger partial charge in [0.15, 0.2) is 0 Å². The molecule has 9 heteroatoms. The summed E-state index contributed by atoms with van der Waals surface area (Å²) in [6.07, 6.45) is 1.93. The Morgan fingerprint density at radius 3 is 2.76 bits per heavy atom. The molecular formula is C12H13ClN2O4S2. The summed E-state index contributed by atoms with van der Waals surface area (Å²) >= 11 is 7.15. The molecule has 0 saturated carbocycles. The molecule has 1 aromatic carbocycles. The molecule has 114 valence electrons. The van der Waals surface area contributed by atoms with E-state index in [0.29, 0.717) is 5.75 Å². The van der Waals surface area contributed by atoms with Gasteiger partial charge >= 0.3 is 5.97 Å². The maximum absolute atomic E-state index is 12.3. The molecule has 0 aliphatic carbocycles. The number of carbonyl (C=O) groups is 1. The second kappa shape index (κ2) is 7.66. The molecule has 1 rings (SSSR count). The largest absolute Gasteiger partial charge is 0.480 e. The van der Waals surface area contributed by atoms with E-state index in [1.54, 1.807) is 12.3 Å². The summed E-state index contributed by atoms with van der Waals surface area (Å²) in [4.78, 5) is 10.8. The first-order chi connectivity index (χ1) is 9.81. The van der Waals surface area contributed by atoms with E-state index in [2.05, 4.69) is 4.72 Å². The van der Waals surface area contributed by atoms with E-state index in [9.17, 15) is 13.2 Å². The van der Waals surface area contributed by atoms with Crippen LogP contribution in [0.2, 0.25) is 5.02 Å². The van der Waals surface area contributed by atoms with Crippen molar-refractivity contribution in [1.29, 1.82) is 5.26 Å². The van der Waals surface area contributed by atoms with E-state index >= 15 is 0 Å². The quantitative estimate of drug-likeness (QED) is 0.776. The minimum Gasteiger partial charge on any atom is -0.480 e. The van der Waals surface area contributed by atoms with Crippen LogP contribution in [0, 0.1) is 11.3 Å². The molecule has 0 spiro atoms. The molecule has 1 aromatic rings. The van der Waals surface area contributed by atoms with Crippen LogP contribution in [0.1, 0.15) is 12.0 Å². The van der Waals surface area contributed by atoms with Gasteiger partial charge in [-0.1, -0.05) is 11.6 Å². The van der Waals surface area contributed by atoms with Crippen molar-refractivity contribution >= 4 is 39.4 Å². The monoisotopic (exact) mass is 348 g/mol. The van der Waals surface area contributed by atoms with Gasteiger partial charge in [-0.2, -0.15) is 21.7 Å². The summed E-state index contributed by atoms with van der Waals surface area (Å²) in [6.45, 7) is 0. The van der Waals surface area contributed by atoms with Crippen molar-refractivity contribution in [2.24, 2.45) is 0 Å². The third-order valence-electron chi connectivity index (χ3n) is 2.56. The SMILES string of the molecule is CSCC[C@H](NS(=O)(=O)c1cc(Cl)ccc1C#N)C(=O)O. The number of nitrogens with one attached hydrogen (secondary N) is 1. The first-order valence-corrected chi connectivity index (χ1v) is 9.01. The molecule has 0 amide bonds. The number of carboxylic acid groups (broad SMARTS) is 1. The van der Waals surface area contributed by atoms with E-state index in [1.807, 2.05) is 0 Å². The summed E-state index contributed by atoms with van der Waals surface area (Å²) in [5.41, 5.74) is -0.0964. The normalized spacial score (nSPS) is 12.6. The molecular weight excluding hydrogens is 336 g/mol. The lowest BCUT2D eigenvalue weighted by molar-refractivity contribution is -0.139. The highest BCUT2D eigenvalue weighted by Crippen LogP contribution is 2.21. The highest BCUT2D eigenvalue weighted by molar-refractivity contribution is 7.98. The van der Waals surface area contributed by atoms with Crippen molar-refractivity contribution in [1.82, 2.24) is 4.72 Å². The number of benzene rings is 1. The number of hydrogen-bond acceptors (Lipinski definition) is 5. The number of rotatable bonds is 7. The molecule has 0 saturated heterocycles. The molecule has 0 heterocycles. The molecule has 21 heavy (non-hydrogen) atoms. The van der Waals surface area contributed by atoms with Crippen LogP contribution in [-0.2, 0) is 14.8 Å². The Morgan fingerprint density at radius 2 is 2.24 bits per heavy atom. The molecule has 0 bridgehead atoms. The second-order valence-corrected chi connectivity index (χ2v) is 7.15. The van der Waals surface area contributed by atoms with Crippen LogP contribution in [0.3, 0.4) is 0 Å². The van der Waals surface area contributed by atoms with Crippen LogP contribution in [0.15, 0.2) is 23.1 Å². The number of sulfonamides is 1. The molecule has 6 nitrogen and oxygen atoms in total. The average Bonchev–Trinajstić information content (AvgIpc) is 2.43. The number of nitrogens with zero attached hydrogens (tertiary/aromatic N) is 1. The smallest absolute Gasteiger partial charge is 0.321 e. The lowest BCUT2D eigenvalue weighted by Crippen LogP contribution is -2.41. The van der Waals surface area contributed by atoms with Gasteiger partial charge < -0.3 is 5.11 Å². The summed E-state index contributed by atoms with van der Waals surface area (Å²) in [5.74, 6) is -0.784. The van der Waals surface area contributed by atoms with Crippen LogP contribution in [0.4, 0.5) is 0 Å². The van der Waals surface area contributed by atoms with Gasteiger partial charge in [-0.3, -0.25) is 4.79 Å². The summed E-state index contributed by atoms with van der Waals surface area (Å²) in [7, 11) is -4.15. The van der Waals surface area contributed by atoms with E-state index in [4.69, 9.17) is 22.0 Å². The zero-order valence-corrected chi connectivity index (χ0v) is 13.4. The maximum Gasteiger partial charge on any atom is 0.321 e. The van der Waals surface area contributed by atoms with E-state index < -0.39 is 22.0 Å². The van der Waals surface area contributed by atoms with Crippen LogP contribution in [0.25, 0.3) is 0 Å². The molecule has 1 atom stereocenters. The first kappa shape index (κ1) is 17.8. The molecule has 0 aliphatic rings. The molecule has 0 radical (unpaired) electrons. The van der Waals surface area contributed by atoms with Crippen LogP contribution in [-0.4, -0.2) is 37.5 Å². The van der Waals surface area contributed by atoms with Gasteiger partial charge in [0, 0.05) is 5.02 Å². The number of thioether (sulfide) groups is 1. The second-order valence-electron chi connectivity index (χ2n) is 4.05. The Kier molecular flexibility index (Phi) is 6.48. The highest BCUT2D eigenvalue weighted by atomic mass is 35.5. The lowest BCUT2D eigenvalue weighted by atomic mass is 10.2. The standard InChI is InChI=1S/C12H13ClN2O4S2/c1-20-5-4-10(12(16)17)15-21(18,19)11-6-9(13)3-2-8(11)7-14/h2-3,6,10,15H,4-5H2,1H3,(H,16,17)/t10-/m0/s1. The molecule has 0 unspecified atom stereocenters. The van der Waals surface area contributed by atoms with E-state index in [0.717, 1.165) is 6.07 Å². The molecule has 0 aromatic heterocycles. The van der Waals surface area contributed by atoms with Crippen LogP contribution in [0.5, 0.6) is 0 Å². The Morgan fingerprint density at radius 1 is 1.57 bits per heavy atom. The van der Waals surface area contributed by atoms with Crippen molar-refractivity contribution in [3.63, 3.8) is 0 Å². The van der Waals surface area contributed by atoms with Crippen LogP contribution >= 0.6 is 23.4 Å². The fourth-order valence-corrected chi connectivity index (χ4v) is 3.64. The topological polar surface area (TPSA) is 107 Å². The number of halogens is 1. The molecule has 0 fully saturated rings. The first-order valence-electron chi connectivity index (χ1n) is 5.75. The minimum absolute atomic E-state index is 0.0964. The van der Waals surface area contributed by atoms with Crippen molar-refractivity contribution in [3.05, 3.63) is 28.8 Å². The van der Waals surface area contributed by atoms with Crippen molar-refractivity contribution < 1.29 is 18.3 Å². The predicted molar refractivity (Wildman–Crippen MR) is 80.9 cm³/mol. The zero-order valence-electron chi connectivity index (χ0n) is 11.0. The summed E-state index contributed by atoms with van der Waals surface area (Å²) in [5, 5.41) is 18.2. The predicted octanol–water partition coefficient (Wildman–Crippen LogP) is 1.70. The molecule has 0 aliphatic heterocycles. The maximum atomic E-state index is 12.3. The summed E-state index contributed by atoms with van der Waals surface area (Å²) < 4.78 is 26.6. The van der Waals surface area contributed by atoms with Crippen molar-refractivity contribution in [2.75, 3.05) is 12.0 Å². The van der Waals surface area contributed by atoms with Gasteiger partial charge in [0.05, 0.1) is 5.56 Å². The van der Waals surface area contributed by atoms with Gasteiger partial charge in [-0.05, 0) is 36.6 Å². The van der Waals surface area contributed by atoms with Gasteiger partial charge in [0.1, 0.15) is 17.0 Å². The third kappa shape index (κ3) is 4.89. The van der Waals surface area contributed by atoms with Gasteiger partial charge in [-0.15, -0.1) is 0 Å². The highest BCUT2D eigenvalue weighted by Gasteiger charge is 2.27. The summed E-state index contributed by atoms with van der Waals surface area (Å²) in [6, 6.07) is 4.27. The van der Waals surface area contributed by atoms with Crippen molar-refractivity contribution in [3.8, 4) is 6.07 Å². The minimum atomic E-state index is -4.15. The number of hydrogen-bond donors (Lipinski definition) is 2. The lowest BCUT2D eigenvalue weighted by Gasteiger charge is -2.15. The van der Waals surface area contributed by atoms with Gasteiger partial charge in [0.25, 0.3) is 0 Å². The number of nitriles is 1. The number of carboxylic acids is 1. The van der Waals surface area contributed by atoms with Gasteiger partial charge in [-0.25, -0.2) is 8.42 Å². The Hall–Kier alpha value is -1.27. The fourth-order valence-electron chi connectivity index (χ4n) is 1.53. The van der Waals surface area contributed by atoms with E-state index in [1.165, 1.54) is 23.9 Å². The Balaban J connectivity index is 3.13. The van der Waals surface area contributed by atoms with Crippen molar-refractivity contribution in [2.45, 2.75) is 17.4 Å². The fraction of sp³-hybridized carbons (Fsp3) is 0.333. The van der Waals surface area contributed by atoms with E-state index in [-0.39, 0.29) is 21.9 Å². The molecule has 2 N–H and O–H groups in total. The average molecular weight is 349 g/mol. The van der Waals surface area contributed by atoms with Crippen LogP contribution < -0.4 is 4.72 Å². The Labute approximate surface area is 132 Å². The number of aliphatic carboxylic acids is 1. The Bertz CT molecular complexity index is 670. The third-order valence-corrected chi connectivity index (χ3v) is 4.95.